The Balaban J connectivity index is 1.80. The molecule has 11 heteroatoms. The fraction of sp³-hybridized carbons (Fsp3) is 0.444. The summed E-state index contributed by atoms with van der Waals surface area (Å²) in [7, 11) is -3.32. The monoisotopic (exact) mass is 422 g/mol. The molecule has 3 rings (SSSR count). The number of hydrogen-bond acceptors (Lipinski definition) is 8. The highest BCUT2D eigenvalue weighted by Crippen LogP contribution is 2.29. The third kappa shape index (κ3) is 4.07. The second kappa shape index (κ2) is 8.01. The lowest BCUT2D eigenvalue weighted by atomic mass is 10.0. The minimum Gasteiger partial charge on any atom is -0.329 e. The number of carbonyl (C=O) groups is 4. The Kier molecular flexibility index (Phi) is 5.82. The van der Waals surface area contributed by atoms with Gasteiger partial charge < -0.3 is 11.1 Å². The van der Waals surface area contributed by atoms with Gasteiger partial charge in [-0.15, -0.1) is 0 Å². The fourth-order valence-corrected chi connectivity index (χ4v) is 4.28. The van der Waals surface area contributed by atoms with Crippen LogP contribution in [0.5, 0.6) is 0 Å². The van der Waals surface area contributed by atoms with E-state index in [1.807, 2.05) is 0 Å². The van der Waals surface area contributed by atoms with E-state index < -0.39 is 44.8 Å². The van der Waals surface area contributed by atoms with Crippen LogP contribution < -0.4 is 16.4 Å². The molecule has 0 aromatic heterocycles. The van der Waals surface area contributed by atoms with Crippen LogP contribution in [0.1, 0.15) is 39.1 Å². The predicted molar refractivity (Wildman–Crippen MR) is 103 cm³/mol. The Labute approximate surface area is 167 Å². The van der Waals surface area contributed by atoms with Crippen molar-refractivity contribution in [2.75, 3.05) is 19.3 Å². The summed E-state index contributed by atoms with van der Waals surface area (Å²) in [6, 6.07) is 3.74. The van der Waals surface area contributed by atoms with Crippen molar-refractivity contribution in [1.29, 1.82) is 0 Å². The van der Waals surface area contributed by atoms with Crippen LogP contribution >= 0.6 is 0 Å². The molecule has 1 fully saturated rings. The van der Waals surface area contributed by atoms with Crippen LogP contribution in [0.4, 0.5) is 0 Å². The SMILES string of the molecule is CS(=O)(=O)C(CN)CNCc1cccc2c1C(=O)N(C1CCC(=O)NC1=O)C2=O. The van der Waals surface area contributed by atoms with Gasteiger partial charge in [-0.25, -0.2) is 8.42 Å². The second-order valence-corrected chi connectivity index (χ2v) is 9.43. The van der Waals surface area contributed by atoms with E-state index in [9.17, 15) is 27.6 Å². The van der Waals surface area contributed by atoms with Crippen LogP contribution in [0.15, 0.2) is 18.2 Å². The zero-order chi connectivity index (χ0) is 21.3. The average Bonchev–Trinajstić information content (AvgIpc) is 2.90. The molecule has 29 heavy (non-hydrogen) atoms. The summed E-state index contributed by atoms with van der Waals surface area (Å²) in [6.45, 7) is 0.203. The molecule has 1 aromatic carbocycles. The number of nitrogens with zero attached hydrogens (tertiary/aromatic N) is 1. The molecule has 1 aromatic rings. The van der Waals surface area contributed by atoms with Crippen LogP contribution in [0, 0.1) is 0 Å². The first-order valence-electron chi connectivity index (χ1n) is 9.08. The van der Waals surface area contributed by atoms with Crippen molar-refractivity contribution in [3.8, 4) is 0 Å². The molecular weight excluding hydrogens is 400 g/mol. The van der Waals surface area contributed by atoms with Gasteiger partial charge in [-0.2, -0.15) is 0 Å². The van der Waals surface area contributed by atoms with E-state index in [4.69, 9.17) is 5.73 Å². The van der Waals surface area contributed by atoms with Crippen LogP contribution in [-0.2, 0) is 26.0 Å². The number of hydrogen-bond donors (Lipinski definition) is 3. The number of nitrogens with one attached hydrogen (secondary N) is 2. The smallest absolute Gasteiger partial charge is 0.262 e. The molecule has 0 aliphatic carbocycles. The molecule has 4 N–H and O–H groups in total. The molecule has 156 valence electrons. The molecule has 0 spiro atoms. The molecule has 2 heterocycles. The molecule has 2 atom stereocenters. The summed E-state index contributed by atoms with van der Waals surface area (Å²) >= 11 is 0. The third-order valence-electron chi connectivity index (χ3n) is 5.11. The van der Waals surface area contributed by atoms with Crippen molar-refractivity contribution in [1.82, 2.24) is 15.5 Å². The summed E-state index contributed by atoms with van der Waals surface area (Å²) in [5.74, 6) is -2.30. The number of benzene rings is 1. The molecule has 0 saturated carbocycles. The van der Waals surface area contributed by atoms with Crippen molar-refractivity contribution in [2.24, 2.45) is 5.73 Å². The largest absolute Gasteiger partial charge is 0.329 e. The molecule has 0 bridgehead atoms. The highest BCUT2D eigenvalue weighted by Gasteiger charge is 2.45. The first kappa shape index (κ1) is 21.1. The minimum atomic E-state index is -3.32. The maximum Gasteiger partial charge on any atom is 0.262 e. The lowest BCUT2D eigenvalue weighted by molar-refractivity contribution is -0.136. The molecule has 2 unspecified atom stereocenters. The summed E-state index contributed by atoms with van der Waals surface area (Å²) in [5.41, 5.74) is 6.38. The van der Waals surface area contributed by atoms with Crippen molar-refractivity contribution in [3.05, 3.63) is 34.9 Å². The van der Waals surface area contributed by atoms with Crippen LogP contribution in [-0.4, -0.2) is 67.6 Å². The van der Waals surface area contributed by atoms with Crippen LogP contribution in [0.2, 0.25) is 0 Å². The van der Waals surface area contributed by atoms with Crippen molar-refractivity contribution in [3.63, 3.8) is 0 Å². The second-order valence-electron chi connectivity index (χ2n) is 7.11. The Bertz CT molecular complexity index is 990. The number of amides is 4. The van der Waals surface area contributed by atoms with Gasteiger partial charge in [0.1, 0.15) is 6.04 Å². The Morgan fingerprint density at radius 1 is 1.24 bits per heavy atom. The molecule has 10 nitrogen and oxygen atoms in total. The highest BCUT2D eigenvalue weighted by molar-refractivity contribution is 7.91. The number of piperidine rings is 1. The van der Waals surface area contributed by atoms with E-state index >= 15 is 0 Å². The van der Waals surface area contributed by atoms with Gasteiger partial charge in [0, 0.05) is 32.3 Å². The topological polar surface area (TPSA) is 156 Å². The summed E-state index contributed by atoms with van der Waals surface area (Å²) in [6.07, 6.45) is 1.23. The number of sulfone groups is 1. The first-order valence-corrected chi connectivity index (χ1v) is 11.0. The van der Waals surface area contributed by atoms with Crippen molar-refractivity contribution >= 4 is 33.5 Å². The van der Waals surface area contributed by atoms with Gasteiger partial charge in [0.15, 0.2) is 9.84 Å². The average molecular weight is 422 g/mol. The van der Waals surface area contributed by atoms with E-state index in [0.29, 0.717) is 5.56 Å². The molecule has 2 aliphatic rings. The summed E-state index contributed by atoms with van der Waals surface area (Å²) in [5, 5.41) is 4.35. The van der Waals surface area contributed by atoms with Crippen LogP contribution in [0.3, 0.4) is 0 Å². The van der Waals surface area contributed by atoms with Gasteiger partial charge in [0.05, 0.1) is 16.4 Å². The number of nitrogens with two attached hydrogens (primary N) is 1. The van der Waals surface area contributed by atoms with E-state index in [0.717, 1.165) is 11.2 Å². The van der Waals surface area contributed by atoms with E-state index in [1.165, 1.54) is 6.07 Å². The lowest BCUT2D eigenvalue weighted by Crippen LogP contribution is -2.54. The highest BCUT2D eigenvalue weighted by atomic mass is 32.2. The van der Waals surface area contributed by atoms with Gasteiger partial charge in [-0.05, 0) is 18.1 Å². The number of fused-ring (bicyclic) bond motifs is 1. The molecule has 0 radical (unpaired) electrons. The van der Waals surface area contributed by atoms with E-state index in [-0.39, 0.29) is 43.6 Å². The maximum atomic E-state index is 13.0. The quantitative estimate of drug-likeness (QED) is 0.451. The van der Waals surface area contributed by atoms with Crippen molar-refractivity contribution < 1.29 is 27.6 Å². The third-order valence-corrected chi connectivity index (χ3v) is 6.68. The minimum absolute atomic E-state index is 0.0422. The molecule has 1 saturated heterocycles. The molecule has 2 aliphatic heterocycles. The number of imide groups is 2. The molecular formula is C18H22N4O6S. The Morgan fingerprint density at radius 2 is 1.97 bits per heavy atom. The predicted octanol–water partition coefficient (Wildman–Crippen LogP) is -1.45. The Morgan fingerprint density at radius 3 is 2.59 bits per heavy atom. The van der Waals surface area contributed by atoms with E-state index in [2.05, 4.69) is 10.6 Å². The molecule has 4 amide bonds. The number of rotatable bonds is 7. The zero-order valence-electron chi connectivity index (χ0n) is 15.8. The standard InChI is InChI=1S/C18H22N4O6S/c1-29(27,28)11(7-19)9-20-8-10-3-2-4-12-15(10)18(26)22(17(12)25)13-5-6-14(23)21-16(13)24/h2-4,11,13,20H,5-9,19H2,1H3,(H,21,23,24). The van der Waals surface area contributed by atoms with Crippen LogP contribution in [0.25, 0.3) is 0 Å². The van der Waals surface area contributed by atoms with E-state index in [1.54, 1.807) is 12.1 Å². The van der Waals surface area contributed by atoms with Gasteiger partial charge in [-0.1, -0.05) is 12.1 Å². The van der Waals surface area contributed by atoms with Gasteiger partial charge >= 0.3 is 0 Å². The van der Waals surface area contributed by atoms with Gasteiger partial charge in [0.2, 0.25) is 11.8 Å². The maximum absolute atomic E-state index is 13.0. The summed E-state index contributed by atoms with van der Waals surface area (Å²) < 4.78 is 23.3. The van der Waals surface area contributed by atoms with Crippen molar-refractivity contribution in [2.45, 2.75) is 30.7 Å². The fourth-order valence-electron chi connectivity index (χ4n) is 3.51. The Hall–Kier alpha value is -2.63. The van der Waals surface area contributed by atoms with Gasteiger partial charge in [0.25, 0.3) is 11.8 Å². The normalized spacial score (nSPS) is 20.6. The summed E-state index contributed by atoms with van der Waals surface area (Å²) in [4.78, 5) is 50.1. The zero-order valence-corrected chi connectivity index (χ0v) is 16.6. The number of carbonyl (C=O) groups excluding carboxylic acids is 4. The lowest BCUT2D eigenvalue weighted by Gasteiger charge is -2.27. The first-order chi connectivity index (χ1) is 13.6. The van der Waals surface area contributed by atoms with Gasteiger partial charge in [-0.3, -0.25) is 29.4 Å².